The number of aromatic hydroxyl groups is 1. The van der Waals surface area contributed by atoms with Crippen LogP contribution in [0.2, 0.25) is 0 Å². The van der Waals surface area contributed by atoms with E-state index >= 15 is 0 Å². The Kier molecular flexibility index (Phi) is 9.02. The first-order chi connectivity index (χ1) is 11.5. The van der Waals surface area contributed by atoms with Crippen LogP contribution in [0.5, 0.6) is 5.75 Å². The molecule has 0 aromatic heterocycles. The summed E-state index contributed by atoms with van der Waals surface area (Å²) in [6.07, 6.45) is 0.757. The highest BCUT2D eigenvalue weighted by Gasteiger charge is 2.36. The monoisotopic (exact) mass is 461 g/mol. The number of carbonyl (C=O) groups is 1. The zero-order valence-electron chi connectivity index (χ0n) is 15.1. The van der Waals surface area contributed by atoms with Crippen LogP contribution in [0.3, 0.4) is 0 Å². The van der Waals surface area contributed by atoms with E-state index in [4.69, 9.17) is 4.74 Å². The molecule has 1 aliphatic heterocycles. The van der Waals surface area contributed by atoms with E-state index in [1.54, 1.807) is 12.1 Å². The molecule has 0 amide bonds. The van der Waals surface area contributed by atoms with Crippen molar-refractivity contribution >= 4 is 35.9 Å². The Morgan fingerprint density at radius 3 is 2.84 bits per heavy atom. The lowest BCUT2D eigenvalue weighted by atomic mass is 9.99. The third-order valence-corrected chi connectivity index (χ3v) is 4.32. The van der Waals surface area contributed by atoms with Crippen molar-refractivity contribution in [1.82, 2.24) is 10.2 Å². The van der Waals surface area contributed by atoms with Gasteiger partial charge in [-0.15, -0.1) is 24.0 Å². The van der Waals surface area contributed by atoms with Gasteiger partial charge in [-0.25, -0.2) is 0 Å². The summed E-state index contributed by atoms with van der Waals surface area (Å²) >= 11 is 0. The molecule has 1 heterocycles. The van der Waals surface area contributed by atoms with Gasteiger partial charge in [0.05, 0.1) is 13.0 Å². The number of nitrogens with one attached hydrogen (secondary N) is 1. The van der Waals surface area contributed by atoms with Crippen LogP contribution in [0, 0.1) is 11.8 Å². The molecule has 140 valence electrons. The van der Waals surface area contributed by atoms with E-state index < -0.39 is 0 Å². The summed E-state index contributed by atoms with van der Waals surface area (Å²) in [4.78, 5) is 18.6. The second kappa shape index (κ2) is 10.5. The molecule has 1 saturated heterocycles. The molecular weight excluding hydrogens is 433 g/mol. The second-order valence-electron chi connectivity index (χ2n) is 6.17. The number of phenols is 1. The second-order valence-corrected chi connectivity index (χ2v) is 6.17. The fraction of sp³-hybridized carbons (Fsp3) is 0.556. The number of nitrogens with zero attached hydrogens (tertiary/aromatic N) is 2. The van der Waals surface area contributed by atoms with E-state index in [0.29, 0.717) is 13.1 Å². The van der Waals surface area contributed by atoms with Gasteiger partial charge >= 0.3 is 5.97 Å². The van der Waals surface area contributed by atoms with Gasteiger partial charge in [-0.05, 0) is 37.0 Å². The average Bonchev–Trinajstić information content (AvgIpc) is 2.95. The average molecular weight is 461 g/mol. The maximum absolute atomic E-state index is 11.8. The fourth-order valence-corrected chi connectivity index (χ4v) is 3.03. The number of hydrogen-bond donors (Lipinski definition) is 2. The van der Waals surface area contributed by atoms with Gasteiger partial charge < -0.3 is 20.1 Å². The molecule has 1 aromatic carbocycles. The van der Waals surface area contributed by atoms with Crippen LogP contribution < -0.4 is 5.32 Å². The maximum atomic E-state index is 11.8. The SMILES string of the molecule is CCNC(=NCCc1cccc(O)c1)N1CC(C)C(C(=O)OC)C1.I. The lowest BCUT2D eigenvalue weighted by Gasteiger charge is -2.21. The van der Waals surface area contributed by atoms with Crippen LogP contribution in [-0.2, 0) is 16.0 Å². The molecular formula is C18H28IN3O3. The predicted octanol–water partition coefficient (Wildman–Crippen LogP) is 2.26. The van der Waals surface area contributed by atoms with Crippen LogP contribution in [0.1, 0.15) is 19.4 Å². The molecule has 1 aliphatic rings. The van der Waals surface area contributed by atoms with Crippen molar-refractivity contribution in [1.29, 1.82) is 0 Å². The quantitative estimate of drug-likeness (QED) is 0.305. The zero-order valence-corrected chi connectivity index (χ0v) is 17.4. The van der Waals surface area contributed by atoms with Crippen LogP contribution in [-0.4, -0.2) is 55.2 Å². The molecule has 2 rings (SSSR count). The van der Waals surface area contributed by atoms with E-state index in [0.717, 1.165) is 31.0 Å². The van der Waals surface area contributed by atoms with Crippen molar-refractivity contribution in [2.45, 2.75) is 20.3 Å². The number of likely N-dealkylation sites (tertiary alicyclic amines) is 1. The molecule has 7 heteroatoms. The van der Waals surface area contributed by atoms with Crippen LogP contribution in [0.25, 0.3) is 0 Å². The summed E-state index contributed by atoms with van der Waals surface area (Å²) in [5, 5.41) is 12.8. The molecule has 25 heavy (non-hydrogen) atoms. The van der Waals surface area contributed by atoms with Gasteiger partial charge in [0.1, 0.15) is 5.75 Å². The molecule has 0 bridgehead atoms. The smallest absolute Gasteiger partial charge is 0.310 e. The van der Waals surface area contributed by atoms with Crippen molar-refractivity contribution in [3.05, 3.63) is 29.8 Å². The summed E-state index contributed by atoms with van der Waals surface area (Å²) < 4.78 is 4.89. The van der Waals surface area contributed by atoms with Crippen LogP contribution in [0.4, 0.5) is 0 Å². The Bertz CT molecular complexity index is 595. The van der Waals surface area contributed by atoms with E-state index in [1.165, 1.54) is 7.11 Å². The molecule has 0 saturated carbocycles. The molecule has 1 aromatic rings. The minimum absolute atomic E-state index is 0. The predicted molar refractivity (Wildman–Crippen MR) is 109 cm³/mol. The van der Waals surface area contributed by atoms with Gasteiger partial charge in [0.15, 0.2) is 5.96 Å². The molecule has 1 fully saturated rings. The number of rotatable bonds is 5. The fourth-order valence-electron chi connectivity index (χ4n) is 3.03. The highest BCUT2D eigenvalue weighted by molar-refractivity contribution is 14.0. The normalized spacial score (nSPS) is 20.1. The minimum atomic E-state index is -0.152. The van der Waals surface area contributed by atoms with Gasteiger partial charge in [-0.1, -0.05) is 19.1 Å². The summed E-state index contributed by atoms with van der Waals surface area (Å²) in [5.41, 5.74) is 1.05. The lowest BCUT2D eigenvalue weighted by molar-refractivity contribution is -0.145. The Morgan fingerprint density at radius 2 is 2.20 bits per heavy atom. The zero-order chi connectivity index (χ0) is 17.5. The summed E-state index contributed by atoms with van der Waals surface area (Å²) in [5.74, 6) is 1.09. The Hall–Kier alpha value is -1.51. The number of ether oxygens (including phenoxy) is 1. The molecule has 0 spiro atoms. The number of carbonyl (C=O) groups excluding carboxylic acids is 1. The van der Waals surface area contributed by atoms with Crippen molar-refractivity contribution in [2.24, 2.45) is 16.8 Å². The first kappa shape index (κ1) is 21.5. The Balaban J connectivity index is 0.00000312. The van der Waals surface area contributed by atoms with Gasteiger partial charge in [-0.3, -0.25) is 9.79 Å². The van der Waals surface area contributed by atoms with E-state index in [2.05, 4.69) is 22.1 Å². The third-order valence-electron chi connectivity index (χ3n) is 4.32. The highest BCUT2D eigenvalue weighted by Crippen LogP contribution is 2.24. The number of benzene rings is 1. The van der Waals surface area contributed by atoms with E-state index in [9.17, 15) is 9.90 Å². The standard InChI is InChI=1S/C18H27N3O3.HI/c1-4-19-18(20-9-8-14-6-5-7-15(22)10-14)21-11-13(2)16(12-21)17(23)24-3;/h5-7,10,13,16,22H,4,8-9,11-12H2,1-3H3,(H,19,20);1H. The number of guanidine groups is 1. The molecule has 0 aliphatic carbocycles. The largest absolute Gasteiger partial charge is 0.508 e. The molecule has 2 N–H and O–H groups in total. The van der Waals surface area contributed by atoms with Gasteiger partial charge in [0.2, 0.25) is 0 Å². The van der Waals surface area contributed by atoms with Gasteiger partial charge in [0, 0.05) is 26.2 Å². The van der Waals surface area contributed by atoms with Crippen molar-refractivity contribution in [2.75, 3.05) is 33.3 Å². The van der Waals surface area contributed by atoms with Gasteiger partial charge in [0.25, 0.3) is 0 Å². The Morgan fingerprint density at radius 1 is 1.44 bits per heavy atom. The van der Waals surface area contributed by atoms with Crippen LogP contribution in [0.15, 0.2) is 29.3 Å². The first-order valence-electron chi connectivity index (χ1n) is 8.44. The van der Waals surface area contributed by atoms with E-state index in [1.807, 2.05) is 19.1 Å². The summed E-state index contributed by atoms with van der Waals surface area (Å²) in [6.45, 7) is 6.92. The number of methoxy groups -OCH3 is 1. The molecule has 2 atom stereocenters. The Labute approximate surface area is 166 Å². The number of phenolic OH excluding ortho intramolecular Hbond substituents is 1. The number of esters is 1. The summed E-state index contributed by atoms with van der Waals surface area (Å²) in [7, 11) is 1.44. The molecule has 0 radical (unpaired) electrons. The van der Waals surface area contributed by atoms with Crippen molar-refractivity contribution in [3.8, 4) is 5.75 Å². The van der Waals surface area contributed by atoms with Crippen molar-refractivity contribution in [3.63, 3.8) is 0 Å². The molecule has 6 nitrogen and oxygen atoms in total. The molecule has 2 unspecified atom stereocenters. The number of aliphatic imine (C=N–C) groups is 1. The number of halogens is 1. The van der Waals surface area contributed by atoms with Gasteiger partial charge in [-0.2, -0.15) is 0 Å². The maximum Gasteiger partial charge on any atom is 0.310 e. The minimum Gasteiger partial charge on any atom is -0.508 e. The van der Waals surface area contributed by atoms with Crippen molar-refractivity contribution < 1.29 is 14.6 Å². The van der Waals surface area contributed by atoms with E-state index in [-0.39, 0.29) is 47.5 Å². The highest BCUT2D eigenvalue weighted by atomic mass is 127. The van der Waals surface area contributed by atoms with Crippen LogP contribution >= 0.6 is 24.0 Å². The topological polar surface area (TPSA) is 74.2 Å². The first-order valence-corrected chi connectivity index (χ1v) is 8.44. The lowest BCUT2D eigenvalue weighted by Crippen LogP contribution is -2.40. The third kappa shape index (κ3) is 6.05. The number of hydrogen-bond acceptors (Lipinski definition) is 4. The summed E-state index contributed by atoms with van der Waals surface area (Å²) in [6, 6.07) is 7.24.